The maximum Gasteiger partial charge on any atom is 0.112 e. The molecule has 1 heterocycles. The number of aromatic amines is 1. The molecule has 4 heteroatoms. The van der Waals surface area contributed by atoms with Gasteiger partial charge in [-0.15, -0.1) is 0 Å². The van der Waals surface area contributed by atoms with E-state index in [2.05, 4.69) is 51.9 Å². The third kappa shape index (κ3) is 4.48. The van der Waals surface area contributed by atoms with Crippen LogP contribution in [0.3, 0.4) is 0 Å². The Morgan fingerprint density at radius 3 is 2.63 bits per heavy atom. The van der Waals surface area contributed by atoms with E-state index in [9.17, 15) is 0 Å². The third-order valence-corrected chi connectivity index (χ3v) is 3.21. The summed E-state index contributed by atoms with van der Waals surface area (Å²) in [4.78, 5) is 0. The molecule has 0 saturated carbocycles. The van der Waals surface area contributed by atoms with Crippen LogP contribution in [-0.2, 0) is 6.42 Å². The summed E-state index contributed by atoms with van der Waals surface area (Å²) in [5, 5.41) is 14.0. The zero-order valence-electron chi connectivity index (χ0n) is 11.5. The lowest BCUT2D eigenvalue weighted by Gasteiger charge is -2.05. The molecule has 0 bridgehead atoms. The second-order valence-electron chi connectivity index (χ2n) is 4.76. The largest absolute Gasteiger partial charge is 0.316 e. The van der Waals surface area contributed by atoms with Gasteiger partial charge in [-0.2, -0.15) is 15.4 Å². The van der Waals surface area contributed by atoms with Crippen molar-refractivity contribution in [2.75, 3.05) is 13.1 Å². The number of unbranched alkanes of at least 4 members (excludes halogenated alkanes) is 2. The van der Waals surface area contributed by atoms with E-state index in [-0.39, 0.29) is 0 Å². The Kier molecular flexibility index (Phi) is 5.56. The first kappa shape index (κ1) is 13.7. The monoisotopic (exact) mass is 258 g/mol. The Hall–Kier alpha value is -1.68. The summed E-state index contributed by atoms with van der Waals surface area (Å²) >= 11 is 0. The van der Waals surface area contributed by atoms with Crippen LogP contribution in [0.15, 0.2) is 30.5 Å². The van der Waals surface area contributed by atoms with Gasteiger partial charge < -0.3 is 5.32 Å². The molecule has 0 spiro atoms. The average Bonchev–Trinajstić information content (AvgIpc) is 2.97. The highest BCUT2D eigenvalue weighted by Gasteiger charge is 2.00. The Morgan fingerprint density at radius 1 is 1.11 bits per heavy atom. The lowest BCUT2D eigenvalue weighted by Crippen LogP contribution is -2.18. The predicted octanol–water partition coefficient (Wildman–Crippen LogP) is 2.79. The zero-order valence-corrected chi connectivity index (χ0v) is 11.5. The molecule has 0 fully saturated rings. The SMILES string of the molecule is CCCCCNCCc1ccc(-c2cn[nH]n2)cc1. The van der Waals surface area contributed by atoms with Gasteiger partial charge in [0.1, 0.15) is 5.69 Å². The van der Waals surface area contributed by atoms with Gasteiger partial charge in [0.15, 0.2) is 0 Å². The van der Waals surface area contributed by atoms with Crippen molar-refractivity contribution in [3.8, 4) is 11.3 Å². The van der Waals surface area contributed by atoms with Gasteiger partial charge in [-0.25, -0.2) is 0 Å². The maximum absolute atomic E-state index is 4.07. The van der Waals surface area contributed by atoms with E-state index in [4.69, 9.17) is 0 Å². The van der Waals surface area contributed by atoms with Crippen molar-refractivity contribution in [1.82, 2.24) is 20.7 Å². The second-order valence-corrected chi connectivity index (χ2v) is 4.76. The topological polar surface area (TPSA) is 53.6 Å². The van der Waals surface area contributed by atoms with Gasteiger partial charge in [-0.3, -0.25) is 0 Å². The number of aromatic nitrogens is 3. The minimum absolute atomic E-state index is 0.893. The number of hydrogen-bond acceptors (Lipinski definition) is 3. The number of nitrogens with zero attached hydrogens (tertiary/aromatic N) is 2. The summed E-state index contributed by atoms with van der Waals surface area (Å²) < 4.78 is 0. The van der Waals surface area contributed by atoms with E-state index < -0.39 is 0 Å². The summed E-state index contributed by atoms with van der Waals surface area (Å²) in [6, 6.07) is 8.53. The molecule has 0 aliphatic carbocycles. The minimum atomic E-state index is 0.893. The van der Waals surface area contributed by atoms with E-state index in [1.807, 2.05) is 0 Å². The van der Waals surface area contributed by atoms with Crippen LogP contribution >= 0.6 is 0 Å². The van der Waals surface area contributed by atoms with Gasteiger partial charge in [0.05, 0.1) is 6.20 Å². The second kappa shape index (κ2) is 7.69. The molecule has 102 valence electrons. The van der Waals surface area contributed by atoms with E-state index in [1.54, 1.807) is 6.20 Å². The van der Waals surface area contributed by atoms with E-state index in [0.29, 0.717) is 0 Å². The van der Waals surface area contributed by atoms with Crippen molar-refractivity contribution in [2.24, 2.45) is 0 Å². The fraction of sp³-hybridized carbons (Fsp3) is 0.467. The molecule has 1 aromatic carbocycles. The number of hydrogen-bond donors (Lipinski definition) is 2. The van der Waals surface area contributed by atoms with Crippen molar-refractivity contribution in [1.29, 1.82) is 0 Å². The quantitative estimate of drug-likeness (QED) is 0.716. The van der Waals surface area contributed by atoms with Gasteiger partial charge in [-0.05, 0) is 31.5 Å². The highest BCUT2D eigenvalue weighted by atomic mass is 15.3. The first-order chi connectivity index (χ1) is 9.40. The van der Waals surface area contributed by atoms with Crippen LogP contribution in [-0.4, -0.2) is 28.5 Å². The molecule has 0 unspecified atom stereocenters. The molecule has 0 radical (unpaired) electrons. The van der Waals surface area contributed by atoms with Crippen LogP contribution in [0.4, 0.5) is 0 Å². The zero-order chi connectivity index (χ0) is 13.3. The van der Waals surface area contributed by atoms with Gasteiger partial charge in [0, 0.05) is 5.56 Å². The maximum atomic E-state index is 4.07. The van der Waals surface area contributed by atoms with Crippen LogP contribution in [0.25, 0.3) is 11.3 Å². The van der Waals surface area contributed by atoms with Crippen molar-refractivity contribution in [3.05, 3.63) is 36.0 Å². The Balaban J connectivity index is 1.73. The molecule has 0 aliphatic heterocycles. The van der Waals surface area contributed by atoms with E-state index >= 15 is 0 Å². The first-order valence-electron chi connectivity index (χ1n) is 7.06. The first-order valence-corrected chi connectivity index (χ1v) is 7.06. The molecule has 2 N–H and O–H groups in total. The van der Waals surface area contributed by atoms with E-state index in [1.165, 1.54) is 24.8 Å². The van der Waals surface area contributed by atoms with Crippen LogP contribution in [0.1, 0.15) is 31.7 Å². The summed E-state index contributed by atoms with van der Waals surface area (Å²) in [5.41, 5.74) is 3.35. The number of benzene rings is 1. The van der Waals surface area contributed by atoms with Crippen LogP contribution in [0.2, 0.25) is 0 Å². The van der Waals surface area contributed by atoms with Crippen molar-refractivity contribution in [2.45, 2.75) is 32.6 Å². The number of H-pyrrole nitrogens is 1. The van der Waals surface area contributed by atoms with Crippen LogP contribution in [0, 0.1) is 0 Å². The van der Waals surface area contributed by atoms with Crippen molar-refractivity contribution >= 4 is 0 Å². The molecule has 0 saturated heterocycles. The summed E-state index contributed by atoms with van der Waals surface area (Å²) in [5.74, 6) is 0. The van der Waals surface area contributed by atoms with E-state index in [0.717, 1.165) is 30.8 Å². The fourth-order valence-corrected chi connectivity index (χ4v) is 2.04. The Morgan fingerprint density at radius 2 is 1.95 bits per heavy atom. The lowest BCUT2D eigenvalue weighted by molar-refractivity contribution is 0.617. The molecule has 19 heavy (non-hydrogen) atoms. The van der Waals surface area contributed by atoms with Crippen molar-refractivity contribution in [3.63, 3.8) is 0 Å². The molecule has 1 aromatic heterocycles. The molecule has 0 atom stereocenters. The van der Waals surface area contributed by atoms with Gasteiger partial charge in [-0.1, -0.05) is 44.0 Å². The van der Waals surface area contributed by atoms with Crippen LogP contribution < -0.4 is 5.32 Å². The van der Waals surface area contributed by atoms with Gasteiger partial charge in [0.25, 0.3) is 0 Å². The number of rotatable bonds is 8. The molecule has 2 aromatic rings. The normalized spacial score (nSPS) is 10.8. The summed E-state index contributed by atoms with van der Waals surface area (Å²) in [6.07, 6.45) is 6.70. The highest BCUT2D eigenvalue weighted by molar-refractivity contribution is 5.57. The smallest absolute Gasteiger partial charge is 0.112 e. The molecule has 4 nitrogen and oxygen atoms in total. The average molecular weight is 258 g/mol. The molecular formula is C15H22N4. The van der Waals surface area contributed by atoms with Crippen LogP contribution in [0.5, 0.6) is 0 Å². The third-order valence-electron chi connectivity index (χ3n) is 3.21. The Bertz CT molecular complexity index is 448. The summed E-state index contributed by atoms with van der Waals surface area (Å²) in [7, 11) is 0. The van der Waals surface area contributed by atoms with Crippen molar-refractivity contribution < 1.29 is 0 Å². The molecule has 2 rings (SSSR count). The Labute approximate surface area is 114 Å². The number of nitrogens with one attached hydrogen (secondary N) is 2. The minimum Gasteiger partial charge on any atom is -0.316 e. The molecule has 0 aliphatic rings. The predicted molar refractivity (Wildman–Crippen MR) is 77.9 cm³/mol. The lowest BCUT2D eigenvalue weighted by atomic mass is 10.1. The van der Waals surface area contributed by atoms with Gasteiger partial charge >= 0.3 is 0 Å². The highest BCUT2D eigenvalue weighted by Crippen LogP contribution is 2.15. The fourth-order valence-electron chi connectivity index (χ4n) is 2.04. The standard InChI is InChI=1S/C15H22N4/c1-2-3-4-10-16-11-9-13-5-7-14(8-6-13)15-12-17-19-18-15/h5-8,12,16H,2-4,9-11H2,1H3,(H,17,18,19). The van der Waals surface area contributed by atoms with Gasteiger partial charge in [0.2, 0.25) is 0 Å². The summed E-state index contributed by atoms with van der Waals surface area (Å²) in [6.45, 7) is 4.41. The molecule has 0 amide bonds. The molecular weight excluding hydrogens is 236 g/mol.